The molecule has 1 unspecified atom stereocenters. The topological polar surface area (TPSA) is 76.7 Å². The molecule has 1 atom stereocenters. The molecular weight excluding hydrogens is 409 g/mol. The maximum atomic E-state index is 13.2. The van der Waals surface area contributed by atoms with Crippen molar-refractivity contribution in [1.29, 1.82) is 0 Å². The van der Waals surface area contributed by atoms with E-state index in [2.05, 4.69) is 16.0 Å². The highest BCUT2D eigenvalue weighted by molar-refractivity contribution is 6.33. The van der Waals surface area contributed by atoms with Crippen LogP contribution in [0.4, 0.5) is 20.6 Å². The summed E-state index contributed by atoms with van der Waals surface area (Å²) >= 11 is 6.37. The van der Waals surface area contributed by atoms with Gasteiger partial charge in [-0.1, -0.05) is 23.7 Å². The third kappa shape index (κ3) is 5.61. The van der Waals surface area contributed by atoms with Crippen LogP contribution in [0.5, 0.6) is 0 Å². The van der Waals surface area contributed by atoms with Crippen LogP contribution in [0.15, 0.2) is 42.5 Å². The number of urea groups is 1. The first-order valence-corrected chi connectivity index (χ1v) is 9.99. The van der Waals surface area contributed by atoms with E-state index in [0.717, 1.165) is 11.3 Å². The van der Waals surface area contributed by atoms with Crippen LogP contribution in [0.1, 0.15) is 11.6 Å². The molecular formula is C21H25ClFN5O2. The molecule has 0 bridgehead atoms. The standard InChI is InChI=1S/C21H25ClFN5O2/c1-27(2)19(14-3-5-15(23)6-4-14)12-25-21(30)26-16-7-8-18(17(22)11-16)28-10-9-24-20(29)13-28/h3-8,11,19H,9-10,12-13H2,1-2H3,(H,24,29)(H2,25,26,30). The first-order valence-electron chi connectivity index (χ1n) is 9.61. The fourth-order valence-electron chi connectivity index (χ4n) is 3.33. The zero-order valence-electron chi connectivity index (χ0n) is 16.9. The number of piperazine rings is 1. The number of benzene rings is 2. The smallest absolute Gasteiger partial charge is 0.319 e. The maximum absolute atomic E-state index is 13.2. The third-order valence-electron chi connectivity index (χ3n) is 4.92. The Bertz CT molecular complexity index is 907. The van der Waals surface area contributed by atoms with Gasteiger partial charge >= 0.3 is 6.03 Å². The van der Waals surface area contributed by atoms with Gasteiger partial charge in [-0.05, 0) is 50.0 Å². The van der Waals surface area contributed by atoms with E-state index in [1.165, 1.54) is 12.1 Å². The van der Waals surface area contributed by atoms with E-state index in [4.69, 9.17) is 11.6 Å². The molecule has 3 rings (SSSR count). The van der Waals surface area contributed by atoms with Crippen LogP contribution >= 0.6 is 11.6 Å². The number of hydrogen-bond acceptors (Lipinski definition) is 4. The second-order valence-electron chi connectivity index (χ2n) is 7.30. The van der Waals surface area contributed by atoms with Crippen LogP contribution in [0.3, 0.4) is 0 Å². The minimum Gasteiger partial charge on any atom is -0.359 e. The van der Waals surface area contributed by atoms with Crippen molar-refractivity contribution >= 4 is 34.9 Å². The number of likely N-dealkylation sites (N-methyl/N-ethyl adjacent to an activating group) is 1. The lowest BCUT2D eigenvalue weighted by Crippen LogP contribution is -2.47. The summed E-state index contributed by atoms with van der Waals surface area (Å²) in [7, 11) is 3.79. The highest BCUT2D eigenvalue weighted by atomic mass is 35.5. The lowest BCUT2D eigenvalue weighted by atomic mass is 10.1. The van der Waals surface area contributed by atoms with Crippen molar-refractivity contribution in [2.24, 2.45) is 0 Å². The summed E-state index contributed by atoms with van der Waals surface area (Å²) in [6.45, 7) is 1.84. The predicted octanol–water partition coefficient (Wildman–Crippen LogP) is 2.84. The molecule has 2 aromatic rings. The Labute approximate surface area is 180 Å². The van der Waals surface area contributed by atoms with Crippen molar-refractivity contribution in [3.63, 3.8) is 0 Å². The molecule has 30 heavy (non-hydrogen) atoms. The molecule has 2 aromatic carbocycles. The molecule has 160 valence electrons. The first-order chi connectivity index (χ1) is 14.3. The Balaban J connectivity index is 1.59. The number of amides is 3. The van der Waals surface area contributed by atoms with Crippen LogP contribution in [0.25, 0.3) is 0 Å². The summed E-state index contributed by atoms with van der Waals surface area (Å²) in [4.78, 5) is 27.8. The molecule has 1 fully saturated rings. The maximum Gasteiger partial charge on any atom is 0.319 e. The van der Waals surface area contributed by atoms with E-state index in [-0.39, 0.29) is 30.3 Å². The summed E-state index contributed by atoms with van der Waals surface area (Å²) in [5.74, 6) is -0.344. The van der Waals surface area contributed by atoms with Gasteiger partial charge in [0.05, 0.1) is 23.3 Å². The Morgan fingerprint density at radius 1 is 1.27 bits per heavy atom. The van der Waals surface area contributed by atoms with Gasteiger partial charge in [-0.2, -0.15) is 0 Å². The molecule has 7 nitrogen and oxygen atoms in total. The van der Waals surface area contributed by atoms with E-state index in [1.54, 1.807) is 30.3 Å². The molecule has 0 aromatic heterocycles. The minimum atomic E-state index is -0.370. The number of nitrogens with zero attached hydrogens (tertiary/aromatic N) is 2. The average molecular weight is 434 g/mol. The highest BCUT2D eigenvalue weighted by Gasteiger charge is 2.19. The summed E-state index contributed by atoms with van der Waals surface area (Å²) < 4.78 is 13.2. The van der Waals surface area contributed by atoms with E-state index in [1.807, 2.05) is 23.9 Å². The van der Waals surface area contributed by atoms with Gasteiger partial charge in [0.25, 0.3) is 0 Å². The molecule has 1 saturated heterocycles. The zero-order valence-corrected chi connectivity index (χ0v) is 17.7. The van der Waals surface area contributed by atoms with Crippen LogP contribution in [-0.4, -0.2) is 57.1 Å². The van der Waals surface area contributed by atoms with Gasteiger partial charge in [-0.3, -0.25) is 4.79 Å². The van der Waals surface area contributed by atoms with Crippen LogP contribution in [0.2, 0.25) is 5.02 Å². The second kappa shape index (κ2) is 9.77. The van der Waals surface area contributed by atoms with Crippen molar-refractivity contribution in [3.05, 3.63) is 58.9 Å². The summed E-state index contributed by atoms with van der Waals surface area (Å²) in [6, 6.07) is 10.9. The highest BCUT2D eigenvalue weighted by Crippen LogP contribution is 2.29. The first kappa shape index (κ1) is 21.9. The molecule has 0 saturated carbocycles. The molecule has 9 heteroatoms. The average Bonchev–Trinajstić information content (AvgIpc) is 2.69. The van der Waals surface area contributed by atoms with E-state index < -0.39 is 0 Å². The second-order valence-corrected chi connectivity index (χ2v) is 7.71. The molecule has 1 aliphatic heterocycles. The minimum absolute atomic E-state index is 0.0458. The lowest BCUT2D eigenvalue weighted by Gasteiger charge is -2.29. The van der Waals surface area contributed by atoms with Gasteiger partial charge in [0.2, 0.25) is 5.91 Å². The zero-order chi connectivity index (χ0) is 21.7. The van der Waals surface area contributed by atoms with Crippen LogP contribution in [0, 0.1) is 5.82 Å². The predicted molar refractivity (Wildman–Crippen MR) is 117 cm³/mol. The van der Waals surface area contributed by atoms with Crippen molar-refractivity contribution in [3.8, 4) is 0 Å². The lowest BCUT2D eigenvalue weighted by molar-refractivity contribution is -0.120. The van der Waals surface area contributed by atoms with E-state index in [0.29, 0.717) is 30.3 Å². The fourth-order valence-corrected chi connectivity index (χ4v) is 3.63. The normalized spacial score (nSPS) is 15.0. The number of halogens is 2. The molecule has 1 heterocycles. The van der Waals surface area contributed by atoms with Gasteiger partial charge in [0.1, 0.15) is 5.82 Å². The largest absolute Gasteiger partial charge is 0.359 e. The van der Waals surface area contributed by atoms with Gasteiger partial charge < -0.3 is 25.8 Å². The van der Waals surface area contributed by atoms with Crippen molar-refractivity contribution in [2.75, 3.05) is 50.5 Å². The van der Waals surface area contributed by atoms with Crippen molar-refractivity contribution < 1.29 is 14.0 Å². The SMILES string of the molecule is CN(C)C(CNC(=O)Nc1ccc(N2CCNC(=O)C2)c(Cl)c1)c1ccc(F)cc1. The number of nitrogens with one attached hydrogen (secondary N) is 3. The van der Waals surface area contributed by atoms with Crippen LogP contribution in [-0.2, 0) is 4.79 Å². The number of carbonyl (C=O) groups excluding carboxylic acids is 2. The molecule has 3 amide bonds. The monoisotopic (exact) mass is 433 g/mol. The van der Waals surface area contributed by atoms with Crippen LogP contribution < -0.4 is 20.9 Å². The molecule has 0 spiro atoms. The van der Waals surface area contributed by atoms with Gasteiger partial charge in [-0.25, -0.2) is 9.18 Å². The van der Waals surface area contributed by atoms with E-state index in [9.17, 15) is 14.0 Å². The quantitative estimate of drug-likeness (QED) is 0.654. The number of rotatable bonds is 6. The van der Waals surface area contributed by atoms with Crippen molar-refractivity contribution in [1.82, 2.24) is 15.5 Å². The Morgan fingerprint density at radius 2 is 2.00 bits per heavy atom. The molecule has 0 aliphatic carbocycles. The van der Waals surface area contributed by atoms with E-state index >= 15 is 0 Å². The fraction of sp³-hybridized carbons (Fsp3) is 0.333. The number of carbonyl (C=O) groups is 2. The van der Waals surface area contributed by atoms with Crippen molar-refractivity contribution in [2.45, 2.75) is 6.04 Å². The van der Waals surface area contributed by atoms with Gasteiger partial charge in [0, 0.05) is 25.3 Å². The summed E-state index contributed by atoms with van der Waals surface area (Å²) in [5, 5.41) is 8.83. The molecule has 1 aliphatic rings. The molecule has 3 N–H and O–H groups in total. The Morgan fingerprint density at radius 3 is 2.63 bits per heavy atom. The Kier molecular flexibility index (Phi) is 7.12. The number of anilines is 2. The summed E-state index contributed by atoms with van der Waals surface area (Å²) in [5.41, 5.74) is 2.20. The third-order valence-corrected chi connectivity index (χ3v) is 5.22. The Hall–Kier alpha value is -2.84. The van der Waals surface area contributed by atoms with Gasteiger partial charge in [0.15, 0.2) is 0 Å². The van der Waals surface area contributed by atoms with Gasteiger partial charge in [-0.15, -0.1) is 0 Å². The number of hydrogen-bond donors (Lipinski definition) is 3. The summed E-state index contributed by atoms with van der Waals surface area (Å²) in [6.07, 6.45) is 0. The molecule has 0 radical (unpaired) electrons.